The summed E-state index contributed by atoms with van der Waals surface area (Å²) in [5.41, 5.74) is 18.6. The van der Waals surface area contributed by atoms with Gasteiger partial charge in [0.05, 0.1) is 11.2 Å². The molecule has 2 fully saturated rings. The third kappa shape index (κ3) is 7.21. The van der Waals surface area contributed by atoms with Gasteiger partial charge < -0.3 is 27.0 Å². The lowest BCUT2D eigenvalue weighted by Crippen LogP contribution is -2.58. The van der Waals surface area contributed by atoms with Crippen LogP contribution in [0.5, 0.6) is 0 Å². The van der Waals surface area contributed by atoms with Crippen LogP contribution < -0.4 is 28.2 Å². The van der Waals surface area contributed by atoms with Crippen molar-refractivity contribution >= 4 is 17.8 Å². The molecule has 4 rings (SSSR count). The average molecular weight is 540 g/mol. The number of hydrogen-bond donors (Lipinski definition) is 4. The van der Waals surface area contributed by atoms with Gasteiger partial charge in [-0.15, -0.1) is 0 Å². The Labute approximate surface area is 229 Å². The first-order chi connectivity index (χ1) is 18.4. The van der Waals surface area contributed by atoms with Gasteiger partial charge in [0.1, 0.15) is 5.82 Å². The molecule has 1 aromatic heterocycles. The van der Waals surface area contributed by atoms with Crippen LogP contribution in [-0.2, 0) is 11.3 Å². The molecule has 1 saturated carbocycles. The number of benzene rings is 1. The predicted octanol–water partition coefficient (Wildman–Crippen LogP) is 0.285. The Hall–Kier alpha value is -3.32. The minimum atomic E-state index is -0.951. The Bertz CT molecular complexity index is 1210. The lowest BCUT2D eigenvalue weighted by Gasteiger charge is -2.37. The molecule has 1 aliphatic heterocycles. The van der Waals surface area contributed by atoms with Gasteiger partial charge in [0.2, 0.25) is 5.91 Å². The van der Waals surface area contributed by atoms with Gasteiger partial charge in [0.15, 0.2) is 0 Å². The normalized spacial score (nSPS) is 22.2. The number of carbonyl (C=O) groups excluding carboxylic acids is 2. The molecular formula is C27H41N9O3. The maximum absolute atomic E-state index is 12.7. The van der Waals surface area contributed by atoms with Gasteiger partial charge >= 0.3 is 11.7 Å². The molecule has 2 aliphatic rings. The number of urea groups is 1. The molecule has 1 saturated heterocycles. The highest BCUT2D eigenvalue weighted by Crippen LogP contribution is 2.22. The predicted molar refractivity (Wildman–Crippen MR) is 150 cm³/mol. The molecule has 12 nitrogen and oxygen atoms in total. The van der Waals surface area contributed by atoms with Crippen LogP contribution >= 0.6 is 0 Å². The number of piperazine rings is 1. The maximum atomic E-state index is 12.7. The second kappa shape index (κ2) is 11.8. The van der Waals surface area contributed by atoms with Gasteiger partial charge in [-0.1, -0.05) is 12.1 Å². The SMILES string of the molecule is CN(Cc1ccc(-n2ccc(NC(=O)N3CCN(C(=O)C(C)(C)N)CC3)nc2=O)cc1)C1C[C@@H](N)C[C@@H](N)C1. The maximum Gasteiger partial charge on any atom is 0.354 e. The third-order valence-corrected chi connectivity index (χ3v) is 7.47. The molecule has 1 unspecified atom stereocenters. The van der Waals surface area contributed by atoms with Gasteiger partial charge in [-0.25, -0.2) is 9.59 Å². The number of amides is 3. The number of hydrogen-bond acceptors (Lipinski definition) is 8. The van der Waals surface area contributed by atoms with Crippen molar-refractivity contribution in [1.29, 1.82) is 0 Å². The Morgan fingerprint density at radius 1 is 1.00 bits per heavy atom. The quantitative estimate of drug-likeness (QED) is 0.406. The summed E-state index contributed by atoms with van der Waals surface area (Å²) in [6, 6.07) is 9.60. The lowest BCUT2D eigenvalue weighted by atomic mass is 9.87. The molecular weight excluding hydrogens is 498 g/mol. The van der Waals surface area contributed by atoms with Gasteiger partial charge in [0.25, 0.3) is 0 Å². The number of anilines is 1. The number of aromatic nitrogens is 2. The van der Waals surface area contributed by atoms with Crippen LogP contribution in [0.1, 0.15) is 38.7 Å². The van der Waals surface area contributed by atoms with E-state index in [2.05, 4.69) is 22.2 Å². The summed E-state index contributed by atoms with van der Waals surface area (Å²) in [5.74, 6) is 0.0246. The molecule has 2 aromatic rings. The fourth-order valence-electron chi connectivity index (χ4n) is 5.29. The highest BCUT2D eigenvalue weighted by Gasteiger charge is 2.31. The van der Waals surface area contributed by atoms with E-state index in [-0.39, 0.29) is 29.8 Å². The van der Waals surface area contributed by atoms with E-state index in [9.17, 15) is 14.4 Å². The Balaban J connectivity index is 1.32. The van der Waals surface area contributed by atoms with Crippen molar-refractivity contribution in [3.8, 4) is 5.69 Å². The molecule has 1 aromatic carbocycles. The molecule has 12 heteroatoms. The zero-order chi connectivity index (χ0) is 28.3. The fraction of sp³-hybridized carbons (Fsp3) is 0.556. The second-order valence-electron chi connectivity index (χ2n) is 11.4. The van der Waals surface area contributed by atoms with Crippen LogP contribution in [0.4, 0.5) is 10.6 Å². The molecule has 212 valence electrons. The Morgan fingerprint density at radius 2 is 1.59 bits per heavy atom. The zero-order valence-corrected chi connectivity index (χ0v) is 23.0. The minimum absolute atomic E-state index is 0.139. The van der Waals surface area contributed by atoms with Crippen LogP contribution in [0, 0.1) is 0 Å². The highest BCUT2D eigenvalue weighted by atomic mass is 16.2. The second-order valence-corrected chi connectivity index (χ2v) is 11.4. The van der Waals surface area contributed by atoms with E-state index in [1.54, 1.807) is 35.9 Å². The van der Waals surface area contributed by atoms with E-state index in [1.807, 2.05) is 24.3 Å². The average Bonchev–Trinajstić information content (AvgIpc) is 2.88. The molecule has 3 amide bonds. The molecule has 39 heavy (non-hydrogen) atoms. The Morgan fingerprint density at radius 3 is 2.15 bits per heavy atom. The van der Waals surface area contributed by atoms with Crippen molar-refractivity contribution in [2.75, 3.05) is 38.5 Å². The summed E-state index contributed by atoms with van der Waals surface area (Å²) in [6.07, 6.45) is 4.34. The van der Waals surface area contributed by atoms with Crippen LogP contribution in [0.2, 0.25) is 0 Å². The molecule has 1 aliphatic carbocycles. The summed E-state index contributed by atoms with van der Waals surface area (Å²) in [6.45, 7) is 5.62. The minimum Gasteiger partial charge on any atom is -0.338 e. The van der Waals surface area contributed by atoms with Gasteiger partial charge in [0, 0.05) is 57.0 Å². The van der Waals surface area contributed by atoms with E-state index in [4.69, 9.17) is 17.2 Å². The smallest absolute Gasteiger partial charge is 0.338 e. The summed E-state index contributed by atoms with van der Waals surface area (Å²) in [5, 5.41) is 2.68. The number of nitrogens with zero attached hydrogens (tertiary/aromatic N) is 5. The molecule has 3 atom stereocenters. The van der Waals surface area contributed by atoms with Crippen LogP contribution in [-0.4, -0.2) is 93.1 Å². The van der Waals surface area contributed by atoms with Crippen molar-refractivity contribution in [2.45, 2.75) is 63.3 Å². The van der Waals surface area contributed by atoms with E-state index in [0.29, 0.717) is 37.9 Å². The summed E-state index contributed by atoms with van der Waals surface area (Å²) >= 11 is 0. The van der Waals surface area contributed by atoms with Crippen LogP contribution in [0.3, 0.4) is 0 Å². The number of nitrogens with one attached hydrogen (secondary N) is 1. The number of carbonyl (C=O) groups is 2. The largest absolute Gasteiger partial charge is 0.354 e. The zero-order valence-electron chi connectivity index (χ0n) is 23.0. The molecule has 0 radical (unpaired) electrons. The Kier molecular flexibility index (Phi) is 8.70. The topological polar surface area (TPSA) is 169 Å². The third-order valence-electron chi connectivity index (χ3n) is 7.47. The van der Waals surface area contributed by atoms with E-state index in [0.717, 1.165) is 31.4 Å². The first-order valence-electron chi connectivity index (χ1n) is 13.5. The van der Waals surface area contributed by atoms with Gasteiger partial charge in [-0.05, 0) is 63.9 Å². The van der Waals surface area contributed by atoms with E-state index >= 15 is 0 Å². The number of rotatable bonds is 6. The first-order valence-corrected chi connectivity index (χ1v) is 13.5. The summed E-state index contributed by atoms with van der Waals surface area (Å²) in [7, 11) is 2.09. The van der Waals surface area contributed by atoms with Crippen molar-refractivity contribution in [3.05, 3.63) is 52.6 Å². The van der Waals surface area contributed by atoms with Crippen molar-refractivity contribution in [2.24, 2.45) is 17.2 Å². The number of nitrogens with two attached hydrogens (primary N) is 3. The molecule has 7 N–H and O–H groups in total. The summed E-state index contributed by atoms with van der Waals surface area (Å²) in [4.78, 5) is 47.4. The lowest BCUT2D eigenvalue weighted by molar-refractivity contribution is -0.137. The summed E-state index contributed by atoms with van der Waals surface area (Å²) < 4.78 is 1.43. The first kappa shape index (κ1) is 28.7. The fourth-order valence-corrected chi connectivity index (χ4v) is 5.29. The highest BCUT2D eigenvalue weighted by molar-refractivity contribution is 5.89. The van der Waals surface area contributed by atoms with E-state index in [1.165, 1.54) is 4.57 Å². The van der Waals surface area contributed by atoms with Crippen LogP contribution in [0.25, 0.3) is 5.69 Å². The molecule has 0 bridgehead atoms. The molecule has 2 heterocycles. The van der Waals surface area contributed by atoms with E-state index < -0.39 is 11.2 Å². The van der Waals surface area contributed by atoms with Crippen LogP contribution in [0.15, 0.2) is 41.3 Å². The molecule has 0 spiro atoms. The monoisotopic (exact) mass is 539 g/mol. The van der Waals surface area contributed by atoms with Crippen molar-refractivity contribution in [3.63, 3.8) is 0 Å². The van der Waals surface area contributed by atoms with Crippen molar-refractivity contribution < 1.29 is 9.59 Å². The van der Waals surface area contributed by atoms with Gasteiger partial charge in [-0.2, -0.15) is 4.98 Å². The van der Waals surface area contributed by atoms with Gasteiger partial charge in [-0.3, -0.25) is 19.6 Å². The van der Waals surface area contributed by atoms with Crippen molar-refractivity contribution in [1.82, 2.24) is 24.3 Å². The standard InChI is InChI=1S/C27H41N9O3/c1-27(2,30)24(37)34-10-12-35(13-11-34)25(38)31-23-8-9-36(26(39)32-23)21-6-4-18(5-7-21)17-33(3)22-15-19(28)14-20(29)16-22/h4-9,19-20,22H,10-17,28-30H2,1-3H3,(H,31,32,38,39)/t19-,20+,22?.